The monoisotopic (exact) mass is 370 g/mol. The second kappa shape index (κ2) is 7.55. The Hall–Kier alpha value is -1.67. The van der Waals surface area contributed by atoms with Gasteiger partial charge in [-0.2, -0.15) is 0 Å². The van der Waals surface area contributed by atoms with Crippen LogP contribution in [0.2, 0.25) is 0 Å². The summed E-state index contributed by atoms with van der Waals surface area (Å²) in [5.74, 6) is -0.111. The van der Waals surface area contributed by atoms with Crippen molar-refractivity contribution < 1.29 is 9.59 Å². The van der Waals surface area contributed by atoms with Gasteiger partial charge in [0.15, 0.2) is 0 Å². The van der Waals surface area contributed by atoms with Gasteiger partial charge in [-0.1, -0.05) is 0 Å². The number of halogens is 1. The van der Waals surface area contributed by atoms with Gasteiger partial charge in [-0.05, 0) is 22.0 Å². The zero-order valence-electron chi connectivity index (χ0n) is 12.4. The number of nitrogens with zero attached hydrogens (tertiary/aromatic N) is 3. The minimum absolute atomic E-state index is 0.0273. The third-order valence-electron chi connectivity index (χ3n) is 3.62. The maximum absolute atomic E-state index is 12.3. The van der Waals surface area contributed by atoms with Gasteiger partial charge in [-0.3, -0.25) is 19.3 Å². The topological polar surface area (TPSA) is 74.7 Å². The van der Waals surface area contributed by atoms with E-state index in [2.05, 4.69) is 21.2 Å². The molecular weight excluding hydrogens is 352 g/mol. The minimum Gasteiger partial charge on any atom is -0.358 e. The first-order chi connectivity index (χ1) is 10.5. The molecule has 2 heterocycles. The molecule has 8 heteroatoms. The lowest BCUT2D eigenvalue weighted by Gasteiger charge is -2.34. The summed E-state index contributed by atoms with van der Waals surface area (Å²) in [6, 6.07) is 3.08. The van der Waals surface area contributed by atoms with Crippen molar-refractivity contribution in [1.29, 1.82) is 0 Å². The normalized spacial score (nSPS) is 15.6. The Labute approximate surface area is 137 Å². The van der Waals surface area contributed by atoms with Gasteiger partial charge in [-0.25, -0.2) is 0 Å². The van der Waals surface area contributed by atoms with Crippen molar-refractivity contribution >= 4 is 27.7 Å². The van der Waals surface area contributed by atoms with E-state index < -0.39 is 0 Å². The summed E-state index contributed by atoms with van der Waals surface area (Å²) < 4.78 is 2.15. The standard InChI is InChI=1S/C14H19BrN4O3/c1-16-12(20)9-17-4-6-18(7-5-17)14(22)10-19-8-11(15)2-3-13(19)21/h2-3,8H,4-7,9-10H2,1H3,(H,16,20). The summed E-state index contributed by atoms with van der Waals surface area (Å²) in [4.78, 5) is 39.1. The van der Waals surface area contributed by atoms with E-state index in [0.29, 0.717) is 32.7 Å². The van der Waals surface area contributed by atoms with Crippen molar-refractivity contribution in [2.75, 3.05) is 39.8 Å². The second-order valence-corrected chi connectivity index (χ2v) is 6.06. The zero-order valence-corrected chi connectivity index (χ0v) is 14.0. The van der Waals surface area contributed by atoms with Crippen molar-refractivity contribution in [3.63, 3.8) is 0 Å². The Kier molecular flexibility index (Phi) is 5.73. The van der Waals surface area contributed by atoms with Crippen LogP contribution in [0.15, 0.2) is 27.6 Å². The predicted molar refractivity (Wildman–Crippen MR) is 85.5 cm³/mol. The second-order valence-electron chi connectivity index (χ2n) is 5.14. The highest BCUT2D eigenvalue weighted by Crippen LogP contribution is 2.06. The molecule has 120 valence electrons. The molecule has 0 radical (unpaired) electrons. The molecule has 7 nitrogen and oxygen atoms in total. The third-order valence-corrected chi connectivity index (χ3v) is 4.09. The summed E-state index contributed by atoms with van der Waals surface area (Å²) in [7, 11) is 1.61. The molecule has 1 aromatic heterocycles. The number of rotatable bonds is 4. The smallest absolute Gasteiger partial charge is 0.251 e. The van der Waals surface area contributed by atoms with E-state index >= 15 is 0 Å². The maximum atomic E-state index is 12.3. The van der Waals surface area contributed by atoms with Crippen LogP contribution in [0.5, 0.6) is 0 Å². The van der Waals surface area contributed by atoms with Crippen molar-refractivity contribution in [3.8, 4) is 0 Å². The van der Waals surface area contributed by atoms with E-state index in [1.807, 2.05) is 4.90 Å². The van der Waals surface area contributed by atoms with Crippen molar-refractivity contribution in [1.82, 2.24) is 19.7 Å². The van der Waals surface area contributed by atoms with E-state index in [1.165, 1.54) is 10.6 Å². The fourth-order valence-corrected chi connectivity index (χ4v) is 2.69. The lowest BCUT2D eigenvalue weighted by molar-refractivity contribution is -0.133. The molecule has 0 bridgehead atoms. The number of nitrogens with one attached hydrogen (secondary N) is 1. The van der Waals surface area contributed by atoms with Gasteiger partial charge in [0, 0.05) is 50.0 Å². The average Bonchev–Trinajstić information content (AvgIpc) is 2.51. The molecule has 0 unspecified atom stereocenters. The van der Waals surface area contributed by atoms with Crippen LogP contribution in [0.4, 0.5) is 0 Å². The molecule has 0 aliphatic carbocycles. The summed E-state index contributed by atoms with van der Waals surface area (Å²) in [6.07, 6.45) is 1.61. The molecule has 0 saturated carbocycles. The molecule has 22 heavy (non-hydrogen) atoms. The summed E-state index contributed by atoms with van der Waals surface area (Å²) in [5.41, 5.74) is -0.199. The number of aromatic nitrogens is 1. The number of hydrogen-bond acceptors (Lipinski definition) is 4. The first-order valence-corrected chi connectivity index (χ1v) is 7.85. The highest BCUT2D eigenvalue weighted by molar-refractivity contribution is 9.10. The molecule has 1 N–H and O–H groups in total. The summed E-state index contributed by atoms with van der Waals surface area (Å²) >= 11 is 3.29. The SMILES string of the molecule is CNC(=O)CN1CCN(C(=O)Cn2cc(Br)ccc2=O)CC1. The van der Waals surface area contributed by atoms with Crippen molar-refractivity contribution in [2.24, 2.45) is 0 Å². The fraction of sp³-hybridized carbons (Fsp3) is 0.500. The molecule has 2 rings (SSSR count). The number of piperazine rings is 1. The molecule has 1 fully saturated rings. The van der Waals surface area contributed by atoms with Crippen molar-refractivity contribution in [3.05, 3.63) is 33.2 Å². The molecule has 0 atom stereocenters. The molecule has 2 amide bonds. The van der Waals surface area contributed by atoms with Gasteiger partial charge in [-0.15, -0.1) is 0 Å². The molecule has 0 spiro atoms. The van der Waals surface area contributed by atoms with Crippen LogP contribution in [-0.2, 0) is 16.1 Å². The Morgan fingerprint density at radius 2 is 1.86 bits per heavy atom. The molecule has 1 aliphatic rings. The lowest BCUT2D eigenvalue weighted by Crippen LogP contribution is -2.51. The Bertz CT molecular complexity index is 608. The van der Waals surface area contributed by atoms with Crippen LogP contribution in [0.3, 0.4) is 0 Å². The predicted octanol–water partition coefficient (Wildman–Crippen LogP) is -0.499. The quantitative estimate of drug-likeness (QED) is 0.775. The molecule has 0 aromatic carbocycles. The molecule has 1 saturated heterocycles. The highest BCUT2D eigenvalue weighted by Gasteiger charge is 2.22. The van der Waals surface area contributed by atoms with Gasteiger partial charge in [0.2, 0.25) is 11.8 Å². The van der Waals surface area contributed by atoms with E-state index in [9.17, 15) is 14.4 Å². The minimum atomic E-state index is -0.199. The third kappa shape index (κ3) is 4.41. The van der Waals surface area contributed by atoms with Crippen LogP contribution in [0.1, 0.15) is 0 Å². The number of amides is 2. The average molecular weight is 371 g/mol. The van der Waals surface area contributed by atoms with Crippen LogP contribution in [-0.4, -0.2) is 66.0 Å². The van der Waals surface area contributed by atoms with Crippen LogP contribution in [0, 0.1) is 0 Å². The van der Waals surface area contributed by atoms with E-state index in [0.717, 1.165) is 4.47 Å². The molecular formula is C14H19BrN4O3. The van der Waals surface area contributed by atoms with E-state index in [1.54, 1.807) is 24.2 Å². The van der Waals surface area contributed by atoms with Crippen LogP contribution < -0.4 is 10.9 Å². The summed E-state index contributed by atoms with van der Waals surface area (Å²) in [5, 5.41) is 2.59. The van der Waals surface area contributed by atoms with Gasteiger partial charge in [0.1, 0.15) is 6.54 Å². The first-order valence-electron chi connectivity index (χ1n) is 7.06. The Balaban J connectivity index is 1.88. The van der Waals surface area contributed by atoms with Crippen molar-refractivity contribution in [2.45, 2.75) is 6.54 Å². The summed E-state index contributed by atoms with van der Waals surface area (Å²) in [6.45, 7) is 2.84. The van der Waals surface area contributed by atoms with Crippen LogP contribution >= 0.6 is 15.9 Å². The first kappa shape index (κ1) is 16.7. The highest BCUT2D eigenvalue weighted by atomic mass is 79.9. The number of carbonyl (C=O) groups excluding carboxylic acids is 2. The number of pyridine rings is 1. The number of carbonyl (C=O) groups is 2. The Morgan fingerprint density at radius 1 is 1.18 bits per heavy atom. The van der Waals surface area contributed by atoms with E-state index in [-0.39, 0.29) is 23.9 Å². The maximum Gasteiger partial charge on any atom is 0.251 e. The number of likely N-dealkylation sites (N-methyl/N-ethyl adjacent to an activating group) is 1. The molecule has 1 aromatic rings. The van der Waals surface area contributed by atoms with Crippen LogP contribution in [0.25, 0.3) is 0 Å². The zero-order chi connectivity index (χ0) is 16.1. The fourth-order valence-electron chi connectivity index (χ4n) is 2.31. The van der Waals surface area contributed by atoms with E-state index in [4.69, 9.17) is 0 Å². The van der Waals surface area contributed by atoms with Gasteiger partial charge in [0.05, 0.1) is 6.54 Å². The van der Waals surface area contributed by atoms with Gasteiger partial charge < -0.3 is 14.8 Å². The number of hydrogen-bond donors (Lipinski definition) is 1. The lowest BCUT2D eigenvalue weighted by atomic mass is 10.3. The van der Waals surface area contributed by atoms with Gasteiger partial charge >= 0.3 is 0 Å². The Morgan fingerprint density at radius 3 is 2.50 bits per heavy atom. The van der Waals surface area contributed by atoms with Gasteiger partial charge in [0.25, 0.3) is 5.56 Å². The largest absolute Gasteiger partial charge is 0.358 e. The molecule has 1 aliphatic heterocycles.